The molecule has 0 amide bonds. The van der Waals surface area contributed by atoms with E-state index in [1.54, 1.807) is 6.20 Å². The van der Waals surface area contributed by atoms with Gasteiger partial charge in [-0.3, -0.25) is 5.10 Å². The normalized spacial score (nSPS) is 10.1. The van der Waals surface area contributed by atoms with Crippen molar-refractivity contribution in [1.82, 2.24) is 20.2 Å². The Labute approximate surface area is 128 Å². The van der Waals surface area contributed by atoms with Gasteiger partial charge in [0.2, 0.25) is 5.95 Å². The van der Waals surface area contributed by atoms with Crippen LogP contribution in [0.2, 0.25) is 0 Å². The Morgan fingerprint density at radius 3 is 2.62 bits per heavy atom. The lowest BCUT2D eigenvalue weighted by atomic mass is 10.1. The first-order valence-corrected chi connectivity index (χ1v) is 7.32. The molecule has 1 aromatic carbocycles. The molecule has 2 aromatic heterocycles. The quantitative estimate of drug-likeness (QED) is 0.613. The van der Waals surface area contributed by atoms with Crippen LogP contribution in [0.5, 0.6) is 0 Å². The zero-order valence-electron chi connectivity index (χ0n) is 12.6. The van der Waals surface area contributed by atoms with Crippen LogP contribution in [-0.2, 0) is 0 Å². The number of fused-ring (bicyclic) bond motifs is 1. The first-order chi connectivity index (χ1) is 10.1. The summed E-state index contributed by atoms with van der Waals surface area (Å²) < 4.78 is 0.522. The molecule has 0 unspecified atom stereocenters. The molecule has 0 aliphatic rings. The Bertz CT molecular complexity index is 803. The number of benzene rings is 1. The molecule has 21 heavy (non-hydrogen) atoms. The van der Waals surface area contributed by atoms with Gasteiger partial charge in [-0.1, -0.05) is 32.1 Å². The number of nitrogens with one attached hydrogen (secondary N) is 3. The summed E-state index contributed by atoms with van der Waals surface area (Å²) in [5.41, 5.74) is 4.23. The van der Waals surface area contributed by atoms with Gasteiger partial charge in [-0.15, -0.1) is 0 Å². The Balaban J connectivity index is 0.000000774. The minimum atomic E-state index is 0.522. The van der Waals surface area contributed by atoms with Crippen LogP contribution < -0.4 is 5.32 Å². The average Bonchev–Trinajstić information content (AvgIpc) is 2.94. The van der Waals surface area contributed by atoms with E-state index < -0.39 is 0 Å². The van der Waals surface area contributed by atoms with Crippen LogP contribution in [0.4, 0.5) is 11.6 Å². The topological polar surface area (TPSA) is 69.4 Å². The van der Waals surface area contributed by atoms with Gasteiger partial charge in [-0.05, 0) is 37.1 Å². The van der Waals surface area contributed by atoms with E-state index in [9.17, 15) is 0 Å². The molecule has 0 radical (unpaired) electrons. The molecule has 5 nitrogen and oxygen atoms in total. The molecule has 0 aliphatic carbocycles. The summed E-state index contributed by atoms with van der Waals surface area (Å²) in [5, 5.41) is 10.8. The average molecular weight is 301 g/mol. The first-order valence-electron chi connectivity index (χ1n) is 6.91. The van der Waals surface area contributed by atoms with Crippen molar-refractivity contribution < 1.29 is 0 Å². The summed E-state index contributed by atoms with van der Waals surface area (Å²) >= 11 is 5.23. The summed E-state index contributed by atoms with van der Waals surface area (Å²) in [4.78, 5) is 7.43. The monoisotopic (exact) mass is 301 g/mol. The standard InChI is InChI=1S/C13H13N5S.C2H6/c1-7-3-4-9(5-8(7)2)15-13-16-11-10(6-14-18-11)12(19)17-13;1-2/h3-6H,1-2H3,(H3,14,15,16,17,18,19);1-2H3. The third-order valence-corrected chi connectivity index (χ3v) is 3.41. The third-order valence-electron chi connectivity index (χ3n) is 3.10. The Morgan fingerprint density at radius 1 is 1.14 bits per heavy atom. The van der Waals surface area contributed by atoms with Crippen LogP contribution in [-0.4, -0.2) is 20.2 Å². The van der Waals surface area contributed by atoms with E-state index in [1.165, 1.54) is 11.1 Å². The van der Waals surface area contributed by atoms with Crippen LogP contribution >= 0.6 is 12.2 Å². The number of aromatic amines is 2. The second kappa shape index (κ2) is 6.49. The van der Waals surface area contributed by atoms with Crippen molar-refractivity contribution in [2.24, 2.45) is 0 Å². The molecule has 3 rings (SSSR count). The fraction of sp³-hybridized carbons (Fsp3) is 0.267. The molecule has 0 fully saturated rings. The molecule has 0 saturated carbocycles. The van der Waals surface area contributed by atoms with Crippen LogP contribution in [0, 0.1) is 18.5 Å². The van der Waals surface area contributed by atoms with Crippen molar-refractivity contribution in [3.05, 3.63) is 40.2 Å². The van der Waals surface area contributed by atoms with Crippen LogP contribution in [0.15, 0.2) is 24.4 Å². The molecule has 3 N–H and O–H groups in total. The van der Waals surface area contributed by atoms with Crippen molar-refractivity contribution in [2.45, 2.75) is 27.7 Å². The minimum Gasteiger partial charge on any atom is -0.326 e. The van der Waals surface area contributed by atoms with Crippen molar-refractivity contribution in [1.29, 1.82) is 0 Å². The molecule has 110 valence electrons. The molecule has 0 spiro atoms. The van der Waals surface area contributed by atoms with E-state index in [0.29, 0.717) is 10.6 Å². The van der Waals surface area contributed by atoms with Gasteiger partial charge in [-0.25, -0.2) is 4.98 Å². The number of rotatable bonds is 2. The van der Waals surface area contributed by atoms with Gasteiger partial charge in [-0.2, -0.15) is 5.10 Å². The lowest BCUT2D eigenvalue weighted by molar-refractivity contribution is 1.09. The largest absolute Gasteiger partial charge is 0.326 e. The number of aromatic nitrogens is 4. The number of nitrogens with zero attached hydrogens (tertiary/aromatic N) is 2. The molecular formula is C15H19N5S. The first kappa shape index (κ1) is 15.2. The minimum absolute atomic E-state index is 0.522. The highest BCUT2D eigenvalue weighted by Crippen LogP contribution is 2.18. The second-order valence-corrected chi connectivity index (χ2v) is 4.86. The molecule has 0 aliphatic heterocycles. The fourth-order valence-electron chi connectivity index (χ4n) is 1.87. The van der Waals surface area contributed by atoms with Gasteiger partial charge >= 0.3 is 0 Å². The Kier molecular flexibility index (Phi) is 4.70. The second-order valence-electron chi connectivity index (χ2n) is 4.47. The number of anilines is 2. The highest BCUT2D eigenvalue weighted by Gasteiger charge is 2.03. The van der Waals surface area contributed by atoms with Crippen molar-refractivity contribution in [3.8, 4) is 0 Å². The maximum Gasteiger partial charge on any atom is 0.207 e. The van der Waals surface area contributed by atoms with E-state index >= 15 is 0 Å². The summed E-state index contributed by atoms with van der Waals surface area (Å²) in [6.07, 6.45) is 1.67. The molecule has 0 saturated heterocycles. The molecular weight excluding hydrogens is 282 g/mol. The SMILES string of the molecule is CC.Cc1ccc(Nc2nc(=S)c3cn[nH]c3[nH]2)cc1C. The van der Waals surface area contributed by atoms with Gasteiger partial charge in [0, 0.05) is 5.69 Å². The lowest BCUT2D eigenvalue weighted by Crippen LogP contribution is -1.98. The zero-order valence-corrected chi connectivity index (χ0v) is 13.4. The maximum absolute atomic E-state index is 5.23. The summed E-state index contributed by atoms with van der Waals surface area (Å²) in [6.45, 7) is 8.16. The summed E-state index contributed by atoms with van der Waals surface area (Å²) in [5.74, 6) is 0.602. The maximum atomic E-state index is 5.23. The fourth-order valence-corrected chi connectivity index (χ4v) is 2.11. The van der Waals surface area contributed by atoms with Crippen molar-refractivity contribution in [2.75, 3.05) is 5.32 Å². The predicted octanol–water partition coefficient (Wildman–Crippen LogP) is 4.40. The van der Waals surface area contributed by atoms with E-state index in [-0.39, 0.29) is 0 Å². The van der Waals surface area contributed by atoms with E-state index in [2.05, 4.69) is 51.5 Å². The van der Waals surface area contributed by atoms with Gasteiger partial charge in [0.25, 0.3) is 0 Å². The smallest absolute Gasteiger partial charge is 0.207 e. The number of hydrogen-bond donors (Lipinski definition) is 3. The van der Waals surface area contributed by atoms with E-state index in [1.807, 2.05) is 19.9 Å². The summed E-state index contributed by atoms with van der Waals surface area (Å²) in [6, 6.07) is 6.16. The van der Waals surface area contributed by atoms with Gasteiger partial charge in [0.1, 0.15) is 10.3 Å². The van der Waals surface area contributed by atoms with Gasteiger partial charge < -0.3 is 10.3 Å². The highest BCUT2D eigenvalue weighted by molar-refractivity contribution is 7.71. The molecule has 0 atom stereocenters. The molecule has 6 heteroatoms. The summed E-state index contributed by atoms with van der Waals surface area (Å²) in [7, 11) is 0. The Hall–Kier alpha value is -2.21. The highest BCUT2D eigenvalue weighted by atomic mass is 32.1. The van der Waals surface area contributed by atoms with Gasteiger partial charge in [0.15, 0.2) is 0 Å². The van der Waals surface area contributed by atoms with Crippen LogP contribution in [0.25, 0.3) is 11.0 Å². The Morgan fingerprint density at radius 2 is 1.90 bits per heavy atom. The molecule has 3 aromatic rings. The van der Waals surface area contributed by atoms with E-state index in [4.69, 9.17) is 12.2 Å². The number of H-pyrrole nitrogens is 2. The predicted molar refractivity (Wildman–Crippen MR) is 89.6 cm³/mol. The van der Waals surface area contributed by atoms with Crippen molar-refractivity contribution in [3.63, 3.8) is 0 Å². The zero-order chi connectivity index (χ0) is 15.4. The van der Waals surface area contributed by atoms with Gasteiger partial charge in [0.05, 0.1) is 11.6 Å². The molecule has 2 heterocycles. The number of aryl methyl sites for hydroxylation is 2. The van der Waals surface area contributed by atoms with Crippen molar-refractivity contribution >= 4 is 34.9 Å². The number of hydrogen-bond acceptors (Lipinski definition) is 4. The molecule has 0 bridgehead atoms. The lowest BCUT2D eigenvalue weighted by Gasteiger charge is -2.08. The third kappa shape index (κ3) is 3.28. The van der Waals surface area contributed by atoms with Crippen LogP contribution in [0.1, 0.15) is 25.0 Å². The van der Waals surface area contributed by atoms with Crippen LogP contribution in [0.3, 0.4) is 0 Å². The van der Waals surface area contributed by atoms with E-state index in [0.717, 1.165) is 16.7 Å².